The number of alkyl halides is 3. The Morgan fingerprint density at radius 3 is 2.37 bits per heavy atom. The van der Waals surface area contributed by atoms with Gasteiger partial charge in [0, 0.05) is 24.3 Å². The number of benzene rings is 2. The zero-order valence-corrected chi connectivity index (χ0v) is 14.0. The van der Waals surface area contributed by atoms with E-state index in [0.717, 1.165) is 17.8 Å². The summed E-state index contributed by atoms with van der Waals surface area (Å²) in [5.74, 6) is -0.478. The molecule has 0 radical (unpaired) electrons. The number of para-hydroxylation sites is 1. The molecule has 1 aliphatic rings. The van der Waals surface area contributed by atoms with Crippen LogP contribution in [0.4, 0.5) is 29.3 Å². The van der Waals surface area contributed by atoms with Gasteiger partial charge in [-0.1, -0.05) is 18.2 Å². The molecule has 2 N–H and O–H groups in total. The summed E-state index contributed by atoms with van der Waals surface area (Å²) in [5.41, 5.74) is 1.05. The summed E-state index contributed by atoms with van der Waals surface area (Å²) in [4.78, 5) is 25.8. The molecule has 0 aromatic heterocycles. The van der Waals surface area contributed by atoms with E-state index in [1.807, 2.05) is 30.3 Å². The summed E-state index contributed by atoms with van der Waals surface area (Å²) in [5, 5.41) is 5.20. The van der Waals surface area contributed by atoms with Gasteiger partial charge in [-0.25, -0.2) is 4.79 Å². The fraction of sp³-hybridized carbons (Fsp3) is 0.222. The van der Waals surface area contributed by atoms with Crippen LogP contribution in [0.25, 0.3) is 0 Å². The van der Waals surface area contributed by atoms with Crippen molar-refractivity contribution < 1.29 is 27.5 Å². The van der Waals surface area contributed by atoms with Gasteiger partial charge in [0.25, 0.3) is 0 Å². The lowest BCUT2D eigenvalue weighted by atomic mass is 10.2. The number of rotatable bonds is 4. The van der Waals surface area contributed by atoms with Crippen molar-refractivity contribution in [1.29, 1.82) is 0 Å². The van der Waals surface area contributed by atoms with Crippen molar-refractivity contribution in [2.75, 3.05) is 16.8 Å². The summed E-state index contributed by atoms with van der Waals surface area (Å²) in [6.45, 7) is 0.342. The highest BCUT2D eigenvalue weighted by Crippen LogP contribution is 2.24. The first-order valence-corrected chi connectivity index (χ1v) is 8.09. The third-order valence-electron chi connectivity index (χ3n) is 3.87. The van der Waals surface area contributed by atoms with E-state index >= 15 is 0 Å². The van der Waals surface area contributed by atoms with Crippen molar-refractivity contribution in [3.63, 3.8) is 0 Å². The molecule has 3 amide bonds. The summed E-state index contributed by atoms with van der Waals surface area (Å²) < 4.78 is 40.2. The van der Waals surface area contributed by atoms with E-state index in [1.54, 1.807) is 4.90 Å². The fourth-order valence-electron chi connectivity index (χ4n) is 2.75. The first-order chi connectivity index (χ1) is 12.8. The van der Waals surface area contributed by atoms with Crippen LogP contribution in [0.3, 0.4) is 0 Å². The monoisotopic (exact) mass is 379 g/mol. The molecule has 0 aliphatic carbocycles. The Hall–Kier alpha value is -3.23. The molecule has 1 atom stereocenters. The second-order valence-corrected chi connectivity index (χ2v) is 5.91. The first kappa shape index (κ1) is 18.6. The lowest BCUT2D eigenvalue weighted by molar-refractivity contribution is -0.274. The van der Waals surface area contributed by atoms with Crippen LogP contribution in [-0.4, -0.2) is 30.9 Å². The van der Waals surface area contributed by atoms with Crippen LogP contribution in [0.2, 0.25) is 0 Å². The number of ether oxygens (including phenoxy) is 1. The Morgan fingerprint density at radius 1 is 1.07 bits per heavy atom. The Balaban J connectivity index is 1.53. The van der Waals surface area contributed by atoms with Gasteiger partial charge in [0.15, 0.2) is 0 Å². The fourth-order valence-corrected chi connectivity index (χ4v) is 2.75. The molecule has 6 nitrogen and oxygen atoms in total. The van der Waals surface area contributed by atoms with Crippen LogP contribution < -0.4 is 20.3 Å². The molecule has 2 aromatic carbocycles. The smallest absolute Gasteiger partial charge is 0.406 e. The van der Waals surface area contributed by atoms with E-state index in [2.05, 4.69) is 15.4 Å². The van der Waals surface area contributed by atoms with Crippen LogP contribution in [0.1, 0.15) is 6.42 Å². The Morgan fingerprint density at radius 2 is 1.74 bits per heavy atom. The van der Waals surface area contributed by atoms with Crippen molar-refractivity contribution in [2.24, 2.45) is 0 Å². The third kappa shape index (κ3) is 5.13. The van der Waals surface area contributed by atoms with Crippen molar-refractivity contribution in [2.45, 2.75) is 18.8 Å². The number of hydrogen-bond acceptors (Lipinski definition) is 3. The normalized spacial score (nSPS) is 16.9. The maximum Gasteiger partial charge on any atom is 0.573 e. The molecule has 27 heavy (non-hydrogen) atoms. The summed E-state index contributed by atoms with van der Waals surface area (Å²) in [6, 6.07) is 13.0. The zero-order chi connectivity index (χ0) is 19.4. The lowest BCUT2D eigenvalue weighted by Gasteiger charge is -2.17. The Kier molecular flexibility index (Phi) is 5.20. The highest BCUT2D eigenvalue weighted by atomic mass is 19.4. The minimum absolute atomic E-state index is 0.0971. The van der Waals surface area contributed by atoms with Crippen LogP contribution in [-0.2, 0) is 4.79 Å². The lowest BCUT2D eigenvalue weighted by Crippen LogP contribution is -2.39. The molecule has 1 unspecified atom stereocenters. The molecule has 3 rings (SSSR count). The summed E-state index contributed by atoms with van der Waals surface area (Å²) in [7, 11) is 0. The molecular weight excluding hydrogens is 363 g/mol. The molecule has 142 valence electrons. The highest BCUT2D eigenvalue weighted by Gasteiger charge is 2.32. The second kappa shape index (κ2) is 7.56. The van der Waals surface area contributed by atoms with E-state index in [9.17, 15) is 22.8 Å². The predicted octanol–water partition coefficient (Wildman–Crippen LogP) is 3.51. The molecule has 1 fully saturated rings. The van der Waals surface area contributed by atoms with Crippen molar-refractivity contribution >= 4 is 23.3 Å². The second-order valence-electron chi connectivity index (χ2n) is 5.91. The number of carbonyl (C=O) groups excluding carboxylic acids is 2. The zero-order valence-electron chi connectivity index (χ0n) is 14.0. The minimum atomic E-state index is -4.77. The van der Waals surface area contributed by atoms with Crippen LogP contribution in [0.5, 0.6) is 5.75 Å². The van der Waals surface area contributed by atoms with E-state index in [-0.39, 0.29) is 24.1 Å². The SMILES string of the molecule is O=C(Nc1ccc(OC(F)(F)F)cc1)NC1CC(=O)N(c2ccccc2)C1. The number of urea groups is 1. The molecule has 9 heteroatoms. The molecule has 1 saturated heterocycles. The average Bonchev–Trinajstić information content (AvgIpc) is 2.96. The maximum atomic E-state index is 12.1. The molecule has 0 bridgehead atoms. The number of amides is 3. The molecule has 0 saturated carbocycles. The van der Waals surface area contributed by atoms with Crippen LogP contribution >= 0.6 is 0 Å². The van der Waals surface area contributed by atoms with Gasteiger partial charge >= 0.3 is 12.4 Å². The molecule has 2 aromatic rings. The van der Waals surface area contributed by atoms with Crippen molar-refractivity contribution in [3.05, 3.63) is 54.6 Å². The topological polar surface area (TPSA) is 70.7 Å². The van der Waals surface area contributed by atoms with Gasteiger partial charge in [-0.05, 0) is 36.4 Å². The Bertz CT molecular complexity index is 810. The highest BCUT2D eigenvalue weighted by molar-refractivity contribution is 5.97. The maximum absolute atomic E-state index is 12.1. The number of carbonyl (C=O) groups is 2. The molecular formula is C18H16F3N3O3. The standard InChI is InChI=1S/C18H16F3N3O3/c19-18(20,21)27-15-8-6-12(7-9-15)22-17(26)23-13-10-16(25)24(11-13)14-4-2-1-3-5-14/h1-9,13H,10-11H2,(H2,22,23,26). The quantitative estimate of drug-likeness (QED) is 0.854. The van der Waals surface area contributed by atoms with E-state index in [1.165, 1.54) is 12.1 Å². The minimum Gasteiger partial charge on any atom is -0.406 e. The molecule has 1 heterocycles. The van der Waals surface area contributed by atoms with Crippen molar-refractivity contribution in [3.8, 4) is 5.75 Å². The van der Waals surface area contributed by atoms with Gasteiger partial charge in [0.2, 0.25) is 5.91 Å². The van der Waals surface area contributed by atoms with Gasteiger partial charge in [0.1, 0.15) is 5.75 Å². The van der Waals surface area contributed by atoms with Gasteiger partial charge in [-0.3, -0.25) is 4.79 Å². The third-order valence-corrected chi connectivity index (χ3v) is 3.87. The van der Waals surface area contributed by atoms with Crippen molar-refractivity contribution in [1.82, 2.24) is 5.32 Å². The van der Waals surface area contributed by atoms with Gasteiger partial charge in [-0.2, -0.15) is 0 Å². The van der Waals surface area contributed by atoms with E-state index < -0.39 is 12.4 Å². The molecule has 1 aliphatic heterocycles. The van der Waals surface area contributed by atoms with E-state index in [0.29, 0.717) is 12.2 Å². The Labute approximate surface area is 152 Å². The van der Waals surface area contributed by atoms with E-state index in [4.69, 9.17) is 0 Å². The number of nitrogens with one attached hydrogen (secondary N) is 2. The number of hydrogen-bond donors (Lipinski definition) is 2. The number of nitrogens with zero attached hydrogens (tertiary/aromatic N) is 1. The van der Waals surface area contributed by atoms with Crippen LogP contribution in [0, 0.1) is 0 Å². The number of anilines is 2. The molecule has 0 spiro atoms. The first-order valence-electron chi connectivity index (χ1n) is 8.09. The predicted molar refractivity (Wildman–Crippen MR) is 92.5 cm³/mol. The van der Waals surface area contributed by atoms with Gasteiger partial charge in [-0.15, -0.1) is 13.2 Å². The largest absolute Gasteiger partial charge is 0.573 e. The average molecular weight is 379 g/mol. The summed E-state index contributed by atoms with van der Waals surface area (Å²) >= 11 is 0. The summed E-state index contributed by atoms with van der Waals surface area (Å²) in [6.07, 6.45) is -4.60. The van der Waals surface area contributed by atoms with Gasteiger partial charge in [0.05, 0.1) is 6.04 Å². The van der Waals surface area contributed by atoms with Crippen LogP contribution in [0.15, 0.2) is 54.6 Å². The number of halogens is 3. The van der Waals surface area contributed by atoms with Gasteiger partial charge < -0.3 is 20.3 Å².